The van der Waals surface area contributed by atoms with Gasteiger partial charge in [0, 0.05) is 31.8 Å². The summed E-state index contributed by atoms with van der Waals surface area (Å²) in [5, 5.41) is 16.4. The fourth-order valence-electron chi connectivity index (χ4n) is 6.60. The van der Waals surface area contributed by atoms with Gasteiger partial charge in [-0.25, -0.2) is 4.98 Å². The van der Waals surface area contributed by atoms with Gasteiger partial charge in [0.2, 0.25) is 5.95 Å². The monoisotopic (exact) mass is 462 g/mol. The van der Waals surface area contributed by atoms with Crippen molar-refractivity contribution in [2.75, 3.05) is 37.5 Å². The van der Waals surface area contributed by atoms with Gasteiger partial charge >= 0.3 is 0 Å². The van der Waals surface area contributed by atoms with Gasteiger partial charge in [0.1, 0.15) is 29.8 Å². The molecule has 4 N–H and O–H groups in total. The number of aromatic nitrogens is 2. The minimum atomic E-state index is 0.274. The molecule has 2 aromatic rings. The molecule has 0 aliphatic heterocycles. The molecule has 0 spiro atoms. The number of rotatable bonds is 10. The maximum Gasteiger partial charge on any atom is 0.224 e. The molecular weight excluding hydrogens is 428 g/mol. The van der Waals surface area contributed by atoms with E-state index < -0.39 is 0 Å². The molecule has 8 heteroatoms. The summed E-state index contributed by atoms with van der Waals surface area (Å²) >= 11 is 0. The van der Waals surface area contributed by atoms with Crippen molar-refractivity contribution in [2.24, 2.45) is 28.9 Å². The van der Waals surface area contributed by atoms with Crippen molar-refractivity contribution >= 4 is 11.8 Å². The standard InChI is InChI=1S/C26H34N6O2/c1-33-6-7-34-22-5-3-2-4-18(22)14-29-25-30-15-21(13-27)24(32-25)31-16-26-10-17-8-19(11-26)23(28)20(9-17)12-26/h2-5,15,17,19-20,23H,6-12,14,16,28H2,1H3,(H2,29,30,31,32)/t17?,19-,20+,23-,26-. The molecule has 0 saturated heterocycles. The molecule has 34 heavy (non-hydrogen) atoms. The minimum Gasteiger partial charge on any atom is -0.491 e. The summed E-state index contributed by atoms with van der Waals surface area (Å²) in [7, 11) is 1.66. The number of nitrogens with one attached hydrogen (secondary N) is 2. The Balaban J connectivity index is 1.25. The van der Waals surface area contributed by atoms with E-state index in [1.807, 2.05) is 24.3 Å². The molecule has 4 aliphatic rings. The fourth-order valence-corrected chi connectivity index (χ4v) is 6.60. The van der Waals surface area contributed by atoms with E-state index in [1.54, 1.807) is 13.3 Å². The van der Waals surface area contributed by atoms with Gasteiger partial charge in [-0.05, 0) is 61.3 Å². The van der Waals surface area contributed by atoms with E-state index in [0.717, 1.165) is 23.8 Å². The van der Waals surface area contributed by atoms with E-state index in [4.69, 9.17) is 15.2 Å². The number of para-hydroxylation sites is 1. The van der Waals surface area contributed by atoms with Crippen molar-refractivity contribution in [3.8, 4) is 11.8 Å². The number of nitrogens with zero attached hydrogens (tertiary/aromatic N) is 3. The van der Waals surface area contributed by atoms with Gasteiger partial charge < -0.3 is 25.8 Å². The summed E-state index contributed by atoms with van der Waals surface area (Å²) in [6.07, 6.45) is 7.81. The first-order valence-corrected chi connectivity index (χ1v) is 12.3. The van der Waals surface area contributed by atoms with Gasteiger partial charge in [-0.3, -0.25) is 0 Å². The lowest BCUT2D eigenvalue weighted by Crippen LogP contribution is -2.58. The molecular formula is C26H34N6O2. The number of hydrogen-bond donors (Lipinski definition) is 3. The van der Waals surface area contributed by atoms with Gasteiger partial charge in [-0.1, -0.05) is 18.2 Å². The Morgan fingerprint density at radius 1 is 1.15 bits per heavy atom. The van der Waals surface area contributed by atoms with Gasteiger partial charge in [0.15, 0.2) is 0 Å². The van der Waals surface area contributed by atoms with Gasteiger partial charge in [0.05, 0.1) is 12.8 Å². The van der Waals surface area contributed by atoms with E-state index in [-0.39, 0.29) is 5.41 Å². The number of nitrogens with two attached hydrogens (primary N) is 1. The average Bonchev–Trinajstić information content (AvgIpc) is 2.85. The van der Waals surface area contributed by atoms with Crippen molar-refractivity contribution in [3.05, 3.63) is 41.6 Å². The van der Waals surface area contributed by atoms with Crippen molar-refractivity contribution in [2.45, 2.75) is 44.7 Å². The largest absolute Gasteiger partial charge is 0.491 e. The first-order chi connectivity index (χ1) is 16.6. The van der Waals surface area contributed by atoms with Gasteiger partial charge in [0.25, 0.3) is 0 Å². The minimum absolute atomic E-state index is 0.274. The third-order valence-corrected chi connectivity index (χ3v) is 7.97. The van der Waals surface area contributed by atoms with E-state index in [9.17, 15) is 5.26 Å². The molecule has 0 amide bonds. The highest BCUT2D eigenvalue weighted by molar-refractivity contribution is 5.53. The summed E-state index contributed by atoms with van der Waals surface area (Å²) in [4.78, 5) is 9.01. The van der Waals surface area contributed by atoms with Crippen LogP contribution in [-0.2, 0) is 11.3 Å². The van der Waals surface area contributed by atoms with E-state index in [1.165, 1.54) is 32.1 Å². The molecule has 1 unspecified atom stereocenters. The third-order valence-electron chi connectivity index (χ3n) is 7.97. The number of anilines is 2. The molecule has 4 aliphatic carbocycles. The highest BCUT2D eigenvalue weighted by Gasteiger charge is 2.54. The normalized spacial score (nSPS) is 29.0. The lowest BCUT2D eigenvalue weighted by molar-refractivity contribution is -0.0591. The third kappa shape index (κ3) is 4.68. The Hall–Kier alpha value is -2.89. The zero-order chi connectivity index (χ0) is 23.5. The second-order valence-corrected chi connectivity index (χ2v) is 10.3. The SMILES string of the molecule is COCCOc1ccccc1CNc1ncc(C#N)c(NC[C@]23CC4C[C@H](C2)[C@@H](N)[C@@H](C4)C3)n1. The molecule has 1 aromatic carbocycles. The predicted octanol–water partition coefficient (Wildman–Crippen LogP) is 3.55. The first kappa shape index (κ1) is 22.9. The van der Waals surface area contributed by atoms with Crippen LogP contribution in [0.3, 0.4) is 0 Å². The van der Waals surface area contributed by atoms with E-state index in [0.29, 0.717) is 55.0 Å². The highest BCUT2D eigenvalue weighted by Crippen LogP contribution is 2.59. The molecule has 4 bridgehead atoms. The summed E-state index contributed by atoms with van der Waals surface area (Å²) in [6, 6.07) is 10.5. The molecule has 8 nitrogen and oxygen atoms in total. The number of nitriles is 1. The molecule has 6 rings (SSSR count). The second kappa shape index (κ2) is 9.77. The summed E-state index contributed by atoms with van der Waals surface area (Å²) in [5.74, 6) is 4.00. The van der Waals surface area contributed by atoms with Crippen LogP contribution in [0.15, 0.2) is 30.5 Å². The van der Waals surface area contributed by atoms with Crippen LogP contribution in [0.2, 0.25) is 0 Å². The number of methoxy groups -OCH3 is 1. The molecule has 180 valence electrons. The molecule has 1 heterocycles. The predicted molar refractivity (Wildman–Crippen MR) is 130 cm³/mol. The van der Waals surface area contributed by atoms with E-state index in [2.05, 4.69) is 26.7 Å². The van der Waals surface area contributed by atoms with Crippen molar-refractivity contribution in [1.82, 2.24) is 9.97 Å². The Kier molecular flexibility index (Phi) is 6.57. The van der Waals surface area contributed by atoms with Crippen LogP contribution in [-0.4, -0.2) is 42.9 Å². The number of hydrogen-bond acceptors (Lipinski definition) is 8. The Morgan fingerprint density at radius 3 is 2.71 bits per heavy atom. The average molecular weight is 463 g/mol. The second-order valence-electron chi connectivity index (χ2n) is 10.3. The van der Waals surface area contributed by atoms with Crippen LogP contribution in [0.5, 0.6) is 5.75 Å². The summed E-state index contributed by atoms with van der Waals surface area (Å²) in [6.45, 7) is 2.38. The smallest absolute Gasteiger partial charge is 0.224 e. The van der Waals surface area contributed by atoms with E-state index >= 15 is 0 Å². The van der Waals surface area contributed by atoms with Crippen molar-refractivity contribution < 1.29 is 9.47 Å². The Morgan fingerprint density at radius 2 is 1.94 bits per heavy atom. The van der Waals surface area contributed by atoms with Gasteiger partial charge in [-0.2, -0.15) is 10.2 Å². The number of benzene rings is 1. The molecule has 1 aromatic heterocycles. The lowest BCUT2D eigenvalue weighted by atomic mass is 9.48. The van der Waals surface area contributed by atoms with Crippen LogP contribution in [0.4, 0.5) is 11.8 Å². The quantitative estimate of drug-likeness (QED) is 0.459. The molecule has 0 radical (unpaired) electrons. The topological polar surface area (TPSA) is 118 Å². The lowest BCUT2D eigenvalue weighted by Gasteiger charge is -2.59. The first-order valence-electron chi connectivity index (χ1n) is 12.3. The Labute approximate surface area is 201 Å². The Bertz CT molecular complexity index is 1040. The van der Waals surface area contributed by atoms with Crippen LogP contribution >= 0.6 is 0 Å². The zero-order valence-corrected chi connectivity index (χ0v) is 19.8. The molecule has 5 atom stereocenters. The fraction of sp³-hybridized carbons (Fsp3) is 0.577. The van der Waals surface area contributed by atoms with Crippen molar-refractivity contribution in [1.29, 1.82) is 5.26 Å². The summed E-state index contributed by atoms with van der Waals surface area (Å²) in [5.41, 5.74) is 8.26. The molecule has 4 fully saturated rings. The van der Waals surface area contributed by atoms with Crippen LogP contribution in [0.1, 0.15) is 43.2 Å². The molecule has 4 saturated carbocycles. The van der Waals surface area contributed by atoms with Gasteiger partial charge in [-0.15, -0.1) is 0 Å². The maximum absolute atomic E-state index is 9.62. The van der Waals surface area contributed by atoms with Crippen LogP contribution < -0.4 is 21.1 Å². The van der Waals surface area contributed by atoms with Crippen molar-refractivity contribution in [3.63, 3.8) is 0 Å². The highest BCUT2D eigenvalue weighted by atomic mass is 16.5. The summed E-state index contributed by atoms with van der Waals surface area (Å²) < 4.78 is 10.9. The maximum atomic E-state index is 9.62. The number of ether oxygens (including phenoxy) is 2. The zero-order valence-electron chi connectivity index (χ0n) is 19.8. The van der Waals surface area contributed by atoms with Crippen LogP contribution in [0.25, 0.3) is 0 Å². The van der Waals surface area contributed by atoms with Crippen LogP contribution in [0, 0.1) is 34.5 Å².